The first-order valence-corrected chi connectivity index (χ1v) is 9.46. The lowest BCUT2D eigenvalue weighted by Gasteiger charge is -2.23. The molecule has 0 aliphatic heterocycles. The van der Waals surface area contributed by atoms with Gasteiger partial charge in [0.05, 0.1) is 32.3 Å². The van der Waals surface area contributed by atoms with Crippen LogP contribution in [0.5, 0.6) is 0 Å². The van der Waals surface area contributed by atoms with Gasteiger partial charge in [0.25, 0.3) is 11.4 Å². The van der Waals surface area contributed by atoms with Crippen molar-refractivity contribution in [3.63, 3.8) is 0 Å². The summed E-state index contributed by atoms with van der Waals surface area (Å²) in [5.41, 5.74) is 0.404. The number of anilines is 1. The number of amides is 1. The van der Waals surface area contributed by atoms with Crippen molar-refractivity contribution in [2.24, 2.45) is 5.16 Å². The van der Waals surface area contributed by atoms with Gasteiger partial charge in [-0.1, -0.05) is 35.3 Å². The number of nitro benzene ring substituents is 2. The Morgan fingerprint density at radius 1 is 1.13 bits per heavy atom. The summed E-state index contributed by atoms with van der Waals surface area (Å²) in [4.78, 5) is 38.1. The monoisotopic (exact) mass is 432 g/mol. The van der Waals surface area contributed by atoms with Gasteiger partial charge in [-0.25, -0.2) is 4.79 Å². The maximum absolute atomic E-state index is 12.1. The van der Waals surface area contributed by atoms with E-state index < -0.39 is 21.9 Å². The summed E-state index contributed by atoms with van der Waals surface area (Å²) < 4.78 is 0. The number of non-ortho nitro benzene ring substituents is 1. The Bertz CT molecular complexity index is 1030. The Morgan fingerprint density at radius 2 is 1.90 bits per heavy atom. The average molecular weight is 433 g/mol. The summed E-state index contributed by atoms with van der Waals surface area (Å²) in [7, 11) is 0. The van der Waals surface area contributed by atoms with Gasteiger partial charge in [-0.15, -0.1) is 0 Å². The molecule has 0 spiro atoms. The fourth-order valence-electron chi connectivity index (χ4n) is 3.33. The van der Waals surface area contributed by atoms with Crippen LogP contribution in [0, 0.1) is 20.2 Å². The van der Waals surface area contributed by atoms with Crippen LogP contribution in [-0.2, 0) is 4.84 Å². The van der Waals surface area contributed by atoms with E-state index in [4.69, 9.17) is 16.4 Å². The summed E-state index contributed by atoms with van der Waals surface area (Å²) in [6.45, 7) is 0. The van der Waals surface area contributed by atoms with E-state index in [0.717, 1.165) is 18.9 Å². The molecule has 0 radical (unpaired) electrons. The van der Waals surface area contributed by atoms with Crippen LogP contribution in [0.2, 0.25) is 5.02 Å². The molecule has 11 heteroatoms. The van der Waals surface area contributed by atoms with E-state index in [-0.39, 0.29) is 11.4 Å². The molecule has 0 aromatic heterocycles. The van der Waals surface area contributed by atoms with Crippen molar-refractivity contribution < 1.29 is 19.5 Å². The van der Waals surface area contributed by atoms with Crippen LogP contribution in [0.3, 0.4) is 0 Å². The molecule has 3 rings (SSSR count). The van der Waals surface area contributed by atoms with Crippen molar-refractivity contribution in [2.75, 3.05) is 5.32 Å². The Labute approximate surface area is 175 Å². The number of carbonyl (C=O) groups is 1. The molecule has 1 atom stereocenters. The molecule has 10 nitrogen and oxygen atoms in total. The zero-order valence-electron chi connectivity index (χ0n) is 15.6. The van der Waals surface area contributed by atoms with Crippen LogP contribution >= 0.6 is 11.6 Å². The summed E-state index contributed by atoms with van der Waals surface area (Å²) >= 11 is 5.98. The number of nitrogens with zero attached hydrogens (tertiary/aromatic N) is 3. The Balaban J connectivity index is 1.83. The van der Waals surface area contributed by atoms with E-state index in [9.17, 15) is 25.0 Å². The van der Waals surface area contributed by atoms with Gasteiger partial charge in [0.1, 0.15) is 0 Å². The Morgan fingerprint density at radius 3 is 2.60 bits per heavy atom. The molecule has 0 bridgehead atoms. The molecular formula is C19H17ClN4O6. The first-order chi connectivity index (χ1) is 14.4. The van der Waals surface area contributed by atoms with Gasteiger partial charge in [-0.05, 0) is 37.5 Å². The molecule has 1 amide bonds. The van der Waals surface area contributed by atoms with E-state index >= 15 is 0 Å². The second-order valence-corrected chi connectivity index (χ2v) is 7.03. The second-order valence-electron chi connectivity index (χ2n) is 6.62. The van der Waals surface area contributed by atoms with Crippen molar-refractivity contribution >= 4 is 40.5 Å². The third kappa shape index (κ3) is 4.90. The van der Waals surface area contributed by atoms with Crippen LogP contribution in [0.4, 0.5) is 21.9 Å². The summed E-state index contributed by atoms with van der Waals surface area (Å²) in [5, 5.41) is 29.2. The smallest absolute Gasteiger partial charge is 0.298 e. The molecule has 1 fully saturated rings. The average Bonchev–Trinajstić information content (AvgIpc) is 2.73. The number of oxime groups is 1. The van der Waals surface area contributed by atoms with Crippen molar-refractivity contribution in [2.45, 2.75) is 31.6 Å². The number of benzene rings is 2. The van der Waals surface area contributed by atoms with Gasteiger partial charge in [-0.2, -0.15) is 0 Å². The van der Waals surface area contributed by atoms with E-state index in [1.54, 1.807) is 24.3 Å². The Hall–Kier alpha value is -3.53. The normalized spacial score (nSPS) is 17.4. The highest BCUT2D eigenvalue weighted by atomic mass is 35.5. The first kappa shape index (κ1) is 21.2. The van der Waals surface area contributed by atoms with Crippen LogP contribution in [0.15, 0.2) is 47.6 Å². The zero-order valence-corrected chi connectivity index (χ0v) is 16.4. The lowest BCUT2D eigenvalue weighted by Crippen LogP contribution is -2.20. The van der Waals surface area contributed by atoms with Crippen molar-refractivity contribution in [3.05, 3.63) is 73.3 Å². The van der Waals surface area contributed by atoms with E-state index in [0.29, 0.717) is 34.8 Å². The highest BCUT2D eigenvalue weighted by Crippen LogP contribution is 2.37. The minimum Gasteiger partial charge on any atom is -0.298 e. The highest BCUT2D eigenvalue weighted by molar-refractivity contribution is 6.33. The number of rotatable bonds is 5. The number of nitrogens with one attached hydrogen (secondary N) is 1. The highest BCUT2D eigenvalue weighted by Gasteiger charge is 2.31. The predicted octanol–water partition coefficient (Wildman–Crippen LogP) is 5.42. The van der Waals surface area contributed by atoms with Gasteiger partial charge in [-0.3, -0.25) is 30.4 Å². The molecule has 1 unspecified atom stereocenters. The third-order valence-electron chi connectivity index (χ3n) is 4.73. The standard InChI is InChI=1S/C19H17ClN4O6/c20-15-6-2-4-8-17(15)21-19(25)30-22-16-7-3-1-5-13(16)14-10-9-12(23(26)27)11-18(14)24(28)29/h2,4,6,8-11,13H,1,3,5,7H2,(H,21,25)/b22-16+. The molecule has 0 heterocycles. The van der Waals surface area contributed by atoms with E-state index in [1.165, 1.54) is 12.1 Å². The second kappa shape index (κ2) is 9.31. The van der Waals surface area contributed by atoms with Gasteiger partial charge in [0.2, 0.25) is 0 Å². The number of para-hydroxylation sites is 1. The fourth-order valence-corrected chi connectivity index (χ4v) is 3.52. The summed E-state index contributed by atoms with van der Waals surface area (Å²) in [5.74, 6) is -0.479. The third-order valence-corrected chi connectivity index (χ3v) is 5.06. The topological polar surface area (TPSA) is 137 Å². The minimum atomic E-state index is -0.849. The molecule has 30 heavy (non-hydrogen) atoms. The first-order valence-electron chi connectivity index (χ1n) is 9.09. The summed E-state index contributed by atoms with van der Waals surface area (Å²) in [6.07, 6.45) is 1.76. The number of hydrogen-bond acceptors (Lipinski definition) is 7. The van der Waals surface area contributed by atoms with Crippen LogP contribution < -0.4 is 5.32 Å². The molecule has 0 saturated heterocycles. The molecule has 2 aromatic rings. The molecule has 1 saturated carbocycles. The number of hydrogen-bond donors (Lipinski definition) is 1. The molecular weight excluding hydrogens is 416 g/mol. The maximum Gasteiger partial charge on any atom is 0.437 e. The van der Waals surface area contributed by atoms with E-state index in [2.05, 4.69) is 10.5 Å². The SMILES string of the molecule is O=C(Nc1ccccc1Cl)O/N=C1\CCCCC1c1ccc([N+](=O)[O-])cc1[N+](=O)[O-]. The number of halogens is 1. The fraction of sp³-hybridized carbons (Fsp3) is 0.263. The molecule has 1 aliphatic carbocycles. The number of carbonyl (C=O) groups excluding carboxylic acids is 1. The van der Waals surface area contributed by atoms with Crippen molar-refractivity contribution in [1.29, 1.82) is 0 Å². The zero-order chi connectivity index (χ0) is 21.7. The summed E-state index contributed by atoms with van der Waals surface area (Å²) in [6, 6.07) is 10.1. The van der Waals surface area contributed by atoms with Gasteiger partial charge in [0.15, 0.2) is 0 Å². The lowest BCUT2D eigenvalue weighted by atomic mass is 9.81. The predicted molar refractivity (Wildman–Crippen MR) is 110 cm³/mol. The maximum atomic E-state index is 12.1. The quantitative estimate of drug-likeness (QED) is 0.380. The van der Waals surface area contributed by atoms with Gasteiger partial charge in [0, 0.05) is 17.5 Å². The van der Waals surface area contributed by atoms with E-state index in [1.807, 2.05) is 0 Å². The molecule has 156 valence electrons. The van der Waals surface area contributed by atoms with Crippen LogP contribution in [-0.4, -0.2) is 21.7 Å². The molecule has 1 N–H and O–H groups in total. The largest absolute Gasteiger partial charge is 0.437 e. The van der Waals surface area contributed by atoms with Crippen LogP contribution in [0.1, 0.15) is 37.2 Å². The lowest BCUT2D eigenvalue weighted by molar-refractivity contribution is -0.394. The Kier molecular flexibility index (Phi) is 6.58. The van der Waals surface area contributed by atoms with Crippen LogP contribution in [0.25, 0.3) is 0 Å². The number of nitro groups is 2. The van der Waals surface area contributed by atoms with Crippen molar-refractivity contribution in [1.82, 2.24) is 0 Å². The van der Waals surface area contributed by atoms with Crippen molar-refractivity contribution in [3.8, 4) is 0 Å². The molecule has 2 aromatic carbocycles. The minimum absolute atomic E-state index is 0.305. The molecule has 1 aliphatic rings. The van der Waals surface area contributed by atoms with Gasteiger partial charge < -0.3 is 0 Å². The van der Waals surface area contributed by atoms with Gasteiger partial charge >= 0.3 is 6.09 Å².